The number of sulfone groups is 1. The van der Waals surface area contributed by atoms with E-state index in [2.05, 4.69) is 22.1 Å². The molecule has 0 unspecified atom stereocenters. The molecule has 7 heteroatoms. The Morgan fingerprint density at radius 3 is 2.71 bits per heavy atom. The number of rotatable bonds is 4. The van der Waals surface area contributed by atoms with Crippen LogP contribution in [0.3, 0.4) is 0 Å². The SMILES string of the molecule is CC(C)(CNC(=O)c1ncccc1C#CCN)S(C)(=O)=O. The molecule has 1 heterocycles. The third-order valence-electron chi connectivity index (χ3n) is 3.03. The van der Waals surface area contributed by atoms with E-state index in [-0.39, 0.29) is 18.8 Å². The van der Waals surface area contributed by atoms with Gasteiger partial charge in [-0.2, -0.15) is 0 Å². The van der Waals surface area contributed by atoms with E-state index in [1.165, 1.54) is 6.20 Å². The Morgan fingerprint density at radius 1 is 1.48 bits per heavy atom. The van der Waals surface area contributed by atoms with E-state index in [1.807, 2.05) is 0 Å². The van der Waals surface area contributed by atoms with Crippen molar-refractivity contribution < 1.29 is 13.2 Å². The lowest BCUT2D eigenvalue weighted by molar-refractivity contribution is 0.0945. The summed E-state index contributed by atoms with van der Waals surface area (Å²) in [6.45, 7) is 3.27. The zero-order valence-corrected chi connectivity index (χ0v) is 13.1. The van der Waals surface area contributed by atoms with E-state index >= 15 is 0 Å². The maximum absolute atomic E-state index is 12.1. The van der Waals surface area contributed by atoms with Crippen LogP contribution in [0.25, 0.3) is 0 Å². The molecule has 0 aromatic carbocycles. The van der Waals surface area contributed by atoms with Crippen molar-refractivity contribution in [3.05, 3.63) is 29.6 Å². The molecule has 0 fully saturated rings. The van der Waals surface area contributed by atoms with Crippen LogP contribution in [0.5, 0.6) is 0 Å². The molecule has 21 heavy (non-hydrogen) atoms. The van der Waals surface area contributed by atoms with Gasteiger partial charge < -0.3 is 11.1 Å². The Kier molecular flexibility index (Phi) is 5.47. The highest BCUT2D eigenvalue weighted by atomic mass is 32.2. The summed E-state index contributed by atoms with van der Waals surface area (Å²) in [6, 6.07) is 3.32. The van der Waals surface area contributed by atoms with Crippen molar-refractivity contribution in [3.63, 3.8) is 0 Å². The second kappa shape index (κ2) is 6.70. The Hall–Kier alpha value is -1.91. The van der Waals surface area contributed by atoms with Crippen LogP contribution in [0.4, 0.5) is 0 Å². The lowest BCUT2D eigenvalue weighted by Crippen LogP contribution is -2.44. The minimum absolute atomic E-state index is 0.00893. The van der Waals surface area contributed by atoms with Crippen LogP contribution >= 0.6 is 0 Å². The fourth-order valence-corrected chi connectivity index (χ4v) is 1.68. The number of carbonyl (C=O) groups excluding carboxylic acids is 1. The number of amides is 1. The summed E-state index contributed by atoms with van der Waals surface area (Å²) in [4.78, 5) is 16.1. The van der Waals surface area contributed by atoms with Gasteiger partial charge in [-0.1, -0.05) is 11.8 Å². The van der Waals surface area contributed by atoms with Gasteiger partial charge in [-0.05, 0) is 26.0 Å². The summed E-state index contributed by atoms with van der Waals surface area (Å²) < 4.78 is 22.2. The average Bonchev–Trinajstić information content (AvgIpc) is 2.41. The van der Waals surface area contributed by atoms with E-state index in [4.69, 9.17) is 5.73 Å². The first-order valence-electron chi connectivity index (χ1n) is 6.31. The van der Waals surface area contributed by atoms with Crippen molar-refractivity contribution in [2.45, 2.75) is 18.6 Å². The number of hydrogen-bond acceptors (Lipinski definition) is 5. The van der Waals surface area contributed by atoms with Gasteiger partial charge in [0, 0.05) is 19.0 Å². The van der Waals surface area contributed by atoms with Gasteiger partial charge in [-0.3, -0.25) is 4.79 Å². The van der Waals surface area contributed by atoms with E-state index < -0.39 is 20.5 Å². The van der Waals surface area contributed by atoms with E-state index in [0.717, 1.165) is 6.26 Å². The number of carbonyl (C=O) groups is 1. The van der Waals surface area contributed by atoms with Crippen LogP contribution in [-0.2, 0) is 9.84 Å². The van der Waals surface area contributed by atoms with Crippen molar-refractivity contribution in [3.8, 4) is 11.8 Å². The molecule has 0 aliphatic heterocycles. The summed E-state index contributed by atoms with van der Waals surface area (Å²) in [5.41, 5.74) is 5.92. The Morgan fingerprint density at radius 2 is 2.14 bits per heavy atom. The molecule has 1 aromatic rings. The van der Waals surface area contributed by atoms with Gasteiger partial charge in [0.05, 0.1) is 16.9 Å². The highest BCUT2D eigenvalue weighted by Crippen LogP contribution is 2.14. The topological polar surface area (TPSA) is 102 Å². The molecular formula is C14H19N3O3S. The molecular weight excluding hydrogens is 290 g/mol. The zero-order chi connectivity index (χ0) is 16.1. The third kappa shape index (κ3) is 4.55. The molecule has 1 aromatic heterocycles. The van der Waals surface area contributed by atoms with Crippen LogP contribution in [0.15, 0.2) is 18.3 Å². The van der Waals surface area contributed by atoms with Crippen molar-refractivity contribution in [2.24, 2.45) is 5.73 Å². The highest BCUT2D eigenvalue weighted by Gasteiger charge is 2.30. The molecule has 0 aliphatic carbocycles. The molecule has 0 aliphatic rings. The molecule has 0 atom stereocenters. The van der Waals surface area contributed by atoms with Crippen LogP contribution in [-0.4, -0.2) is 43.4 Å². The molecule has 0 radical (unpaired) electrons. The standard InChI is InChI=1S/C14H19N3O3S/c1-14(2,21(3,19)20)10-17-13(18)12-11(6-4-8-15)7-5-9-16-12/h5,7,9H,8,10,15H2,1-3H3,(H,17,18). The van der Waals surface area contributed by atoms with Crippen LogP contribution < -0.4 is 11.1 Å². The Labute approximate surface area is 125 Å². The lowest BCUT2D eigenvalue weighted by Gasteiger charge is -2.22. The second-order valence-corrected chi connectivity index (χ2v) is 7.77. The third-order valence-corrected chi connectivity index (χ3v) is 5.18. The molecule has 0 bridgehead atoms. The molecule has 6 nitrogen and oxygen atoms in total. The number of nitrogens with one attached hydrogen (secondary N) is 1. The Bertz CT molecular complexity index is 685. The number of hydrogen-bond donors (Lipinski definition) is 2. The average molecular weight is 309 g/mol. The van der Waals surface area contributed by atoms with Crippen LogP contribution in [0.2, 0.25) is 0 Å². The monoisotopic (exact) mass is 309 g/mol. The van der Waals surface area contributed by atoms with Gasteiger partial charge in [-0.25, -0.2) is 13.4 Å². The number of aromatic nitrogens is 1. The first-order valence-corrected chi connectivity index (χ1v) is 8.20. The molecule has 0 saturated carbocycles. The predicted octanol–water partition coefficient (Wildman–Crippen LogP) is -0.0552. The lowest BCUT2D eigenvalue weighted by atomic mass is 10.1. The Balaban J connectivity index is 2.92. The van der Waals surface area contributed by atoms with Crippen molar-refractivity contribution in [2.75, 3.05) is 19.3 Å². The molecule has 0 saturated heterocycles. The van der Waals surface area contributed by atoms with E-state index in [1.54, 1.807) is 26.0 Å². The second-order valence-electron chi connectivity index (χ2n) is 5.12. The maximum atomic E-state index is 12.1. The van der Waals surface area contributed by atoms with Gasteiger partial charge in [0.2, 0.25) is 0 Å². The van der Waals surface area contributed by atoms with Crippen molar-refractivity contribution >= 4 is 15.7 Å². The largest absolute Gasteiger partial charge is 0.349 e. The molecule has 114 valence electrons. The molecule has 1 rings (SSSR count). The molecule has 3 N–H and O–H groups in total. The van der Waals surface area contributed by atoms with Gasteiger partial charge in [0.1, 0.15) is 5.69 Å². The highest BCUT2D eigenvalue weighted by molar-refractivity contribution is 7.92. The van der Waals surface area contributed by atoms with Gasteiger partial charge >= 0.3 is 0 Å². The summed E-state index contributed by atoms with van der Waals surface area (Å²) in [6.07, 6.45) is 2.61. The minimum Gasteiger partial charge on any atom is -0.349 e. The summed E-state index contributed by atoms with van der Waals surface area (Å²) in [5.74, 6) is 4.96. The van der Waals surface area contributed by atoms with Gasteiger partial charge in [0.15, 0.2) is 9.84 Å². The first kappa shape index (κ1) is 17.1. The summed E-state index contributed by atoms with van der Waals surface area (Å²) in [5, 5.41) is 2.58. The summed E-state index contributed by atoms with van der Waals surface area (Å²) in [7, 11) is -3.28. The maximum Gasteiger partial charge on any atom is 0.271 e. The van der Waals surface area contributed by atoms with Crippen LogP contribution in [0.1, 0.15) is 29.9 Å². The first-order chi connectivity index (χ1) is 9.69. The zero-order valence-electron chi connectivity index (χ0n) is 12.3. The fourth-order valence-electron chi connectivity index (χ4n) is 1.34. The molecule has 1 amide bonds. The van der Waals surface area contributed by atoms with Gasteiger partial charge in [-0.15, -0.1) is 0 Å². The van der Waals surface area contributed by atoms with Crippen LogP contribution in [0, 0.1) is 11.8 Å². The number of nitrogens with zero attached hydrogens (tertiary/aromatic N) is 1. The van der Waals surface area contributed by atoms with Gasteiger partial charge in [0.25, 0.3) is 5.91 Å². The van der Waals surface area contributed by atoms with Crippen molar-refractivity contribution in [1.82, 2.24) is 10.3 Å². The smallest absolute Gasteiger partial charge is 0.271 e. The number of nitrogens with two attached hydrogens (primary N) is 1. The molecule has 0 spiro atoms. The number of pyridine rings is 1. The predicted molar refractivity (Wildman–Crippen MR) is 81.4 cm³/mol. The summed E-state index contributed by atoms with van der Waals surface area (Å²) >= 11 is 0. The van der Waals surface area contributed by atoms with E-state index in [0.29, 0.717) is 5.56 Å². The normalized spacial score (nSPS) is 11.4. The fraction of sp³-hybridized carbons (Fsp3) is 0.429. The van der Waals surface area contributed by atoms with E-state index in [9.17, 15) is 13.2 Å². The van der Waals surface area contributed by atoms with Crippen molar-refractivity contribution in [1.29, 1.82) is 0 Å². The minimum atomic E-state index is -3.28. The quantitative estimate of drug-likeness (QED) is 0.759.